The largest absolute Gasteiger partial charge is 0.341 e. The average Bonchev–Trinajstić information content (AvgIpc) is 2.48. The molecule has 0 N–H and O–H groups in total. The van der Waals surface area contributed by atoms with Crippen LogP contribution in [-0.4, -0.2) is 33.7 Å². The fourth-order valence-electron chi connectivity index (χ4n) is 1.48. The lowest BCUT2D eigenvalue weighted by Crippen LogP contribution is -2.43. The topological polar surface area (TPSA) is 38.1 Å². The van der Waals surface area contributed by atoms with E-state index in [9.17, 15) is 4.79 Å². The number of hydrogen-bond donors (Lipinski definition) is 0. The van der Waals surface area contributed by atoms with Crippen LogP contribution in [0.5, 0.6) is 0 Å². The maximum Gasteiger partial charge on any atom is 0.244 e. The van der Waals surface area contributed by atoms with Crippen LogP contribution >= 0.6 is 0 Å². The second kappa shape index (κ2) is 3.82. The zero-order chi connectivity index (χ0) is 9.97. The maximum atomic E-state index is 11.6. The van der Waals surface area contributed by atoms with Crippen LogP contribution in [0.4, 0.5) is 0 Å². The van der Waals surface area contributed by atoms with Crippen molar-refractivity contribution in [2.75, 3.05) is 13.1 Å². The summed E-state index contributed by atoms with van der Waals surface area (Å²) in [6, 6.07) is 0. The molecule has 1 aromatic heterocycles. The molecule has 14 heavy (non-hydrogen) atoms. The van der Waals surface area contributed by atoms with Crippen LogP contribution in [-0.2, 0) is 17.8 Å². The number of carbonyl (C=O) groups is 1. The maximum absolute atomic E-state index is 11.6. The lowest BCUT2D eigenvalue weighted by molar-refractivity contribution is -0.135. The highest BCUT2D eigenvalue weighted by molar-refractivity contribution is 5.76. The van der Waals surface area contributed by atoms with E-state index in [1.54, 1.807) is 4.68 Å². The Balaban J connectivity index is 1.92. The highest BCUT2D eigenvalue weighted by atomic mass is 16.2. The van der Waals surface area contributed by atoms with Crippen molar-refractivity contribution in [1.82, 2.24) is 14.7 Å². The summed E-state index contributed by atoms with van der Waals surface area (Å²) in [5.74, 6) is 0.182. The van der Waals surface area contributed by atoms with Gasteiger partial charge in [-0.05, 0) is 18.4 Å². The smallest absolute Gasteiger partial charge is 0.244 e. The van der Waals surface area contributed by atoms with E-state index in [4.69, 9.17) is 0 Å². The van der Waals surface area contributed by atoms with Gasteiger partial charge in [-0.25, -0.2) is 0 Å². The summed E-state index contributed by atoms with van der Waals surface area (Å²) in [5.41, 5.74) is 1.18. The third kappa shape index (κ3) is 1.78. The number of aromatic nitrogens is 2. The van der Waals surface area contributed by atoms with Crippen molar-refractivity contribution in [3.05, 3.63) is 18.0 Å². The van der Waals surface area contributed by atoms with Crippen LogP contribution in [0.25, 0.3) is 0 Å². The number of nitrogens with zero attached hydrogens (tertiary/aromatic N) is 3. The van der Waals surface area contributed by atoms with Gasteiger partial charge >= 0.3 is 0 Å². The molecule has 1 aliphatic rings. The second-order valence-electron chi connectivity index (χ2n) is 3.63. The zero-order valence-corrected chi connectivity index (χ0v) is 8.44. The summed E-state index contributed by atoms with van der Waals surface area (Å²) < 4.78 is 1.72. The van der Waals surface area contributed by atoms with E-state index in [1.807, 2.05) is 17.3 Å². The van der Waals surface area contributed by atoms with Gasteiger partial charge in [0.15, 0.2) is 0 Å². The molecule has 1 aromatic rings. The van der Waals surface area contributed by atoms with Crippen molar-refractivity contribution < 1.29 is 4.79 Å². The van der Waals surface area contributed by atoms with E-state index < -0.39 is 0 Å². The molecule has 1 fully saturated rings. The summed E-state index contributed by atoms with van der Waals surface area (Å²) in [6.45, 7) is 4.31. The fraction of sp³-hybridized carbons (Fsp3) is 0.600. The molecule has 1 aliphatic heterocycles. The van der Waals surface area contributed by atoms with Gasteiger partial charge in [0.2, 0.25) is 5.91 Å². The summed E-state index contributed by atoms with van der Waals surface area (Å²) in [5, 5.41) is 4.14. The quantitative estimate of drug-likeness (QED) is 0.708. The Labute approximate surface area is 83.5 Å². The van der Waals surface area contributed by atoms with E-state index in [0.29, 0.717) is 6.54 Å². The average molecular weight is 193 g/mol. The summed E-state index contributed by atoms with van der Waals surface area (Å²) in [4.78, 5) is 13.4. The first-order chi connectivity index (χ1) is 6.79. The first kappa shape index (κ1) is 9.24. The highest BCUT2D eigenvalue weighted by Crippen LogP contribution is 2.07. The Morgan fingerprint density at radius 3 is 2.86 bits per heavy atom. The number of rotatable bonds is 3. The van der Waals surface area contributed by atoms with Gasteiger partial charge in [-0.3, -0.25) is 9.48 Å². The Hall–Kier alpha value is -1.32. The molecule has 4 nitrogen and oxygen atoms in total. The first-order valence-corrected chi connectivity index (χ1v) is 5.08. The molecule has 0 aliphatic carbocycles. The molecule has 4 heteroatoms. The summed E-state index contributed by atoms with van der Waals surface area (Å²) in [7, 11) is 0. The molecule has 0 bridgehead atoms. The van der Waals surface area contributed by atoms with Crippen LogP contribution in [0, 0.1) is 0 Å². The molecule has 0 aromatic carbocycles. The number of likely N-dealkylation sites (tertiary alicyclic amines) is 1. The zero-order valence-electron chi connectivity index (χ0n) is 8.44. The molecule has 1 saturated heterocycles. The molecule has 2 rings (SSSR count). The van der Waals surface area contributed by atoms with Gasteiger partial charge in [0.05, 0.1) is 6.20 Å². The molecule has 0 unspecified atom stereocenters. The van der Waals surface area contributed by atoms with Crippen LogP contribution in [0.1, 0.15) is 18.9 Å². The Morgan fingerprint density at radius 1 is 1.57 bits per heavy atom. The minimum Gasteiger partial charge on any atom is -0.341 e. The fourth-order valence-corrected chi connectivity index (χ4v) is 1.48. The van der Waals surface area contributed by atoms with E-state index in [-0.39, 0.29) is 5.91 Å². The molecular formula is C10H15N3O. The monoisotopic (exact) mass is 193 g/mol. The third-order valence-electron chi connectivity index (χ3n) is 2.60. The lowest BCUT2D eigenvalue weighted by Gasteiger charge is -2.30. The standard InChI is InChI=1S/C10H15N3O/c1-2-9-6-11-13(7-9)8-10(14)12-4-3-5-12/h6-7H,2-5,8H2,1H3. The van der Waals surface area contributed by atoms with Crippen molar-refractivity contribution in [3.63, 3.8) is 0 Å². The lowest BCUT2D eigenvalue weighted by atomic mass is 10.2. The number of hydrogen-bond acceptors (Lipinski definition) is 2. The van der Waals surface area contributed by atoms with Crippen molar-refractivity contribution in [3.8, 4) is 0 Å². The van der Waals surface area contributed by atoms with Gasteiger partial charge in [-0.2, -0.15) is 5.10 Å². The van der Waals surface area contributed by atoms with Crippen molar-refractivity contribution in [2.45, 2.75) is 26.3 Å². The molecule has 0 radical (unpaired) electrons. The molecule has 0 saturated carbocycles. The summed E-state index contributed by atoms with van der Waals surface area (Å²) >= 11 is 0. The van der Waals surface area contributed by atoms with Gasteiger partial charge in [0.25, 0.3) is 0 Å². The van der Waals surface area contributed by atoms with Crippen LogP contribution < -0.4 is 0 Å². The van der Waals surface area contributed by atoms with E-state index in [0.717, 1.165) is 25.9 Å². The van der Waals surface area contributed by atoms with Crippen LogP contribution in [0.2, 0.25) is 0 Å². The minimum atomic E-state index is 0.182. The van der Waals surface area contributed by atoms with Crippen molar-refractivity contribution in [2.24, 2.45) is 0 Å². The SMILES string of the molecule is CCc1cnn(CC(=O)N2CCC2)c1. The Bertz CT molecular complexity index is 328. The predicted octanol–water partition coefficient (Wildman–Crippen LogP) is 0.678. The van der Waals surface area contributed by atoms with Gasteiger partial charge in [-0.15, -0.1) is 0 Å². The Morgan fingerprint density at radius 2 is 2.36 bits per heavy atom. The minimum absolute atomic E-state index is 0.182. The van der Waals surface area contributed by atoms with Crippen LogP contribution in [0.3, 0.4) is 0 Å². The van der Waals surface area contributed by atoms with Crippen molar-refractivity contribution in [1.29, 1.82) is 0 Å². The highest BCUT2D eigenvalue weighted by Gasteiger charge is 2.20. The summed E-state index contributed by atoms with van der Waals surface area (Å²) in [6.07, 6.45) is 5.88. The van der Waals surface area contributed by atoms with Gasteiger partial charge in [-0.1, -0.05) is 6.92 Å². The number of carbonyl (C=O) groups excluding carboxylic acids is 1. The molecular weight excluding hydrogens is 178 g/mol. The predicted molar refractivity (Wildman–Crippen MR) is 52.8 cm³/mol. The number of amides is 1. The third-order valence-corrected chi connectivity index (χ3v) is 2.60. The molecule has 2 heterocycles. The molecule has 0 atom stereocenters. The molecule has 76 valence electrons. The first-order valence-electron chi connectivity index (χ1n) is 5.08. The van der Waals surface area contributed by atoms with Gasteiger partial charge < -0.3 is 4.90 Å². The van der Waals surface area contributed by atoms with Gasteiger partial charge in [0.1, 0.15) is 6.54 Å². The van der Waals surface area contributed by atoms with E-state index >= 15 is 0 Å². The molecule has 1 amide bonds. The molecule has 0 spiro atoms. The van der Waals surface area contributed by atoms with Gasteiger partial charge in [0, 0.05) is 19.3 Å². The van der Waals surface area contributed by atoms with Crippen molar-refractivity contribution >= 4 is 5.91 Å². The number of aryl methyl sites for hydroxylation is 1. The van der Waals surface area contributed by atoms with E-state index in [2.05, 4.69) is 12.0 Å². The van der Waals surface area contributed by atoms with Crippen LogP contribution in [0.15, 0.2) is 12.4 Å². The Kier molecular flexibility index (Phi) is 2.52. The normalized spacial score (nSPS) is 15.4. The van der Waals surface area contributed by atoms with E-state index in [1.165, 1.54) is 5.56 Å². The second-order valence-corrected chi connectivity index (χ2v) is 3.63.